The Morgan fingerprint density at radius 1 is 1.16 bits per heavy atom. The molecule has 0 amide bonds. The molecule has 0 radical (unpaired) electrons. The van der Waals surface area contributed by atoms with Crippen LogP contribution < -0.4 is 4.74 Å². The molecule has 0 fully saturated rings. The lowest BCUT2D eigenvalue weighted by atomic mass is 9.63. The van der Waals surface area contributed by atoms with E-state index in [0.29, 0.717) is 0 Å². The van der Waals surface area contributed by atoms with E-state index in [-0.39, 0.29) is 17.2 Å². The minimum absolute atomic E-state index is 0.0833. The lowest BCUT2D eigenvalue weighted by Crippen LogP contribution is -2.54. The van der Waals surface area contributed by atoms with Gasteiger partial charge in [0.05, 0.1) is 20.4 Å². The molecule has 2 atom stereocenters. The maximum absolute atomic E-state index is 13.1. The first-order valence-electron chi connectivity index (χ1n) is 9.38. The van der Waals surface area contributed by atoms with Gasteiger partial charge in [0, 0.05) is 11.0 Å². The Morgan fingerprint density at radius 2 is 1.88 bits per heavy atom. The highest BCUT2D eigenvalue weighted by atomic mass is 19.1. The summed E-state index contributed by atoms with van der Waals surface area (Å²) in [6.07, 6.45) is 6.64. The van der Waals surface area contributed by atoms with Gasteiger partial charge in [-0.15, -0.1) is 0 Å². The minimum Gasteiger partial charge on any atom is -0.468 e. The number of hydrogen-bond donors (Lipinski definition) is 0. The second-order valence-electron chi connectivity index (χ2n) is 6.83. The molecule has 166 valence electrons. The van der Waals surface area contributed by atoms with Crippen LogP contribution in [0.4, 0.5) is 4.39 Å². The molecule has 2 aromatic rings. The van der Waals surface area contributed by atoms with Gasteiger partial charge in [0.2, 0.25) is 11.9 Å². The number of methoxy groups -OCH3 is 2. The average molecular weight is 442 g/mol. The third-order valence-corrected chi connectivity index (χ3v) is 5.10. The van der Waals surface area contributed by atoms with Crippen molar-refractivity contribution in [3.63, 3.8) is 0 Å². The highest BCUT2D eigenvalue weighted by Gasteiger charge is 2.58. The van der Waals surface area contributed by atoms with Crippen LogP contribution in [0.25, 0.3) is 0 Å². The first-order valence-corrected chi connectivity index (χ1v) is 9.38. The molecule has 0 bridgehead atoms. The summed E-state index contributed by atoms with van der Waals surface area (Å²) in [5, 5.41) is 12.0. The second kappa shape index (κ2) is 9.38. The maximum atomic E-state index is 13.1. The Kier molecular flexibility index (Phi) is 6.62. The van der Waals surface area contributed by atoms with Crippen LogP contribution in [0.5, 0.6) is 11.6 Å². The lowest BCUT2D eigenvalue weighted by Gasteiger charge is -2.37. The Labute approximate surface area is 182 Å². The van der Waals surface area contributed by atoms with Gasteiger partial charge in [-0.3, -0.25) is 19.7 Å². The number of ether oxygens (including phenoxy) is 3. The maximum Gasteiger partial charge on any atom is 0.321 e. The van der Waals surface area contributed by atoms with Crippen molar-refractivity contribution in [2.75, 3.05) is 14.2 Å². The first kappa shape index (κ1) is 22.6. The SMILES string of the molecule is COC(=O)C(C(=O)OC)[C@]1(c2cccc(Oc3ccc(F)cn3)c2)C=CC=CC1[N+](=O)[O-]. The zero-order valence-corrected chi connectivity index (χ0v) is 17.1. The number of nitrogens with zero attached hydrogens (tertiary/aromatic N) is 2. The van der Waals surface area contributed by atoms with Crippen molar-refractivity contribution in [3.05, 3.63) is 88.4 Å². The number of hydrogen-bond acceptors (Lipinski definition) is 8. The van der Waals surface area contributed by atoms with Crippen LogP contribution in [0, 0.1) is 21.8 Å². The Morgan fingerprint density at radius 3 is 2.47 bits per heavy atom. The molecule has 0 spiro atoms. The monoisotopic (exact) mass is 442 g/mol. The summed E-state index contributed by atoms with van der Waals surface area (Å²) in [5.41, 5.74) is -1.53. The number of carbonyl (C=O) groups excluding carboxylic acids is 2. The topological polar surface area (TPSA) is 118 Å². The van der Waals surface area contributed by atoms with Gasteiger partial charge in [-0.2, -0.15) is 0 Å². The summed E-state index contributed by atoms with van der Waals surface area (Å²) in [6, 6.07) is 7.06. The van der Waals surface area contributed by atoms with E-state index in [9.17, 15) is 24.1 Å². The molecule has 0 aliphatic heterocycles. The number of aromatic nitrogens is 1. The van der Waals surface area contributed by atoms with E-state index in [4.69, 9.17) is 14.2 Å². The number of benzene rings is 1. The van der Waals surface area contributed by atoms with E-state index in [1.807, 2.05) is 0 Å². The highest BCUT2D eigenvalue weighted by molar-refractivity contribution is 5.97. The molecule has 0 N–H and O–H groups in total. The molecule has 3 rings (SSSR count). The normalized spacial score (nSPS) is 19.4. The van der Waals surface area contributed by atoms with Crippen LogP contribution in [0.15, 0.2) is 66.9 Å². The van der Waals surface area contributed by atoms with E-state index in [2.05, 4.69) is 4.98 Å². The Balaban J connectivity index is 2.18. The summed E-state index contributed by atoms with van der Waals surface area (Å²) in [5.74, 6) is -3.91. The van der Waals surface area contributed by atoms with Gasteiger partial charge in [-0.25, -0.2) is 9.37 Å². The molecule has 1 aliphatic carbocycles. The van der Waals surface area contributed by atoms with Gasteiger partial charge in [0.25, 0.3) is 0 Å². The van der Waals surface area contributed by atoms with E-state index in [0.717, 1.165) is 26.5 Å². The van der Waals surface area contributed by atoms with Gasteiger partial charge < -0.3 is 14.2 Å². The third kappa shape index (κ3) is 4.20. The fraction of sp³-hybridized carbons (Fsp3) is 0.227. The summed E-state index contributed by atoms with van der Waals surface area (Å²) in [6.45, 7) is 0. The van der Waals surface area contributed by atoms with E-state index < -0.39 is 40.1 Å². The summed E-state index contributed by atoms with van der Waals surface area (Å²) >= 11 is 0. The third-order valence-electron chi connectivity index (χ3n) is 5.10. The number of rotatable bonds is 7. The fourth-order valence-corrected chi connectivity index (χ4v) is 3.68. The first-order chi connectivity index (χ1) is 15.3. The van der Waals surface area contributed by atoms with E-state index >= 15 is 0 Å². The predicted octanol–water partition coefficient (Wildman–Crippen LogP) is 2.98. The smallest absolute Gasteiger partial charge is 0.321 e. The van der Waals surface area contributed by atoms with Crippen LogP contribution in [0.3, 0.4) is 0 Å². The van der Waals surface area contributed by atoms with Crippen molar-refractivity contribution in [3.8, 4) is 11.6 Å². The molecule has 9 nitrogen and oxygen atoms in total. The fourth-order valence-electron chi connectivity index (χ4n) is 3.68. The number of carbonyl (C=O) groups is 2. The molecular weight excluding hydrogens is 423 g/mol. The quantitative estimate of drug-likeness (QED) is 0.278. The average Bonchev–Trinajstić information content (AvgIpc) is 2.80. The molecule has 1 unspecified atom stereocenters. The summed E-state index contributed by atoms with van der Waals surface area (Å²) < 4.78 is 28.4. The van der Waals surface area contributed by atoms with Crippen LogP contribution >= 0.6 is 0 Å². The number of esters is 2. The molecule has 1 heterocycles. The van der Waals surface area contributed by atoms with Crippen molar-refractivity contribution in [2.24, 2.45) is 5.92 Å². The molecule has 0 saturated carbocycles. The lowest BCUT2D eigenvalue weighted by molar-refractivity contribution is -0.520. The van der Waals surface area contributed by atoms with Crippen LogP contribution in [-0.4, -0.2) is 42.1 Å². The molecule has 10 heteroatoms. The van der Waals surface area contributed by atoms with Gasteiger partial charge in [-0.1, -0.05) is 30.4 Å². The van der Waals surface area contributed by atoms with Crippen molar-refractivity contribution in [2.45, 2.75) is 11.5 Å². The number of halogens is 1. The highest BCUT2D eigenvalue weighted by Crippen LogP contribution is 2.43. The molecule has 1 aliphatic rings. The number of nitro groups is 1. The zero-order chi connectivity index (χ0) is 23.3. The van der Waals surface area contributed by atoms with Crippen LogP contribution in [0.1, 0.15) is 5.56 Å². The van der Waals surface area contributed by atoms with Crippen LogP contribution in [0.2, 0.25) is 0 Å². The van der Waals surface area contributed by atoms with Crippen molar-refractivity contribution in [1.29, 1.82) is 0 Å². The van der Waals surface area contributed by atoms with Crippen molar-refractivity contribution >= 4 is 11.9 Å². The van der Waals surface area contributed by atoms with Gasteiger partial charge in [0.15, 0.2) is 5.92 Å². The van der Waals surface area contributed by atoms with Crippen molar-refractivity contribution in [1.82, 2.24) is 4.98 Å². The van der Waals surface area contributed by atoms with Gasteiger partial charge in [0.1, 0.15) is 17.0 Å². The largest absolute Gasteiger partial charge is 0.468 e. The summed E-state index contributed by atoms with van der Waals surface area (Å²) in [7, 11) is 2.16. The minimum atomic E-state index is -1.77. The number of pyridine rings is 1. The Bertz CT molecular complexity index is 1070. The zero-order valence-electron chi connectivity index (χ0n) is 17.1. The molecule has 32 heavy (non-hydrogen) atoms. The predicted molar refractivity (Wildman–Crippen MR) is 109 cm³/mol. The second-order valence-corrected chi connectivity index (χ2v) is 6.83. The number of allylic oxidation sites excluding steroid dienone is 2. The molecule has 1 aromatic carbocycles. The standard InChI is InChI=1S/C22H19FN2O7/c1-30-20(26)19(21(27)31-2)22(11-4-3-8-17(22)25(28)29)14-6-5-7-16(12-14)32-18-10-9-15(23)13-24-18/h3-13,17,19H,1-2H3/t17?,22-/m0/s1. The molecular formula is C22H19FN2O7. The summed E-state index contributed by atoms with van der Waals surface area (Å²) in [4.78, 5) is 40.6. The van der Waals surface area contributed by atoms with Crippen molar-refractivity contribution < 1.29 is 33.1 Å². The molecule has 1 aromatic heterocycles. The Hall–Kier alpha value is -4.08. The van der Waals surface area contributed by atoms with Gasteiger partial charge in [-0.05, 0) is 29.8 Å². The van der Waals surface area contributed by atoms with E-state index in [1.165, 1.54) is 42.5 Å². The van der Waals surface area contributed by atoms with E-state index in [1.54, 1.807) is 12.1 Å². The van der Waals surface area contributed by atoms with Crippen LogP contribution in [-0.2, 0) is 24.5 Å². The van der Waals surface area contributed by atoms with Gasteiger partial charge >= 0.3 is 11.9 Å². The molecule has 0 saturated heterocycles.